The van der Waals surface area contributed by atoms with E-state index in [0.717, 1.165) is 0 Å². The summed E-state index contributed by atoms with van der Waals surface area (Å²) in [6.07, 6.45) is 6.32. The van der Waals surface area contributed by atoms with Gasteiger partial charge in [-0.1, -0.05) is 143 Å². The van der Waals surface area contributed by atoms with E-state index in [9.17, 15) is 76.3 Å². The van der Waals surface area contributed by atoms with E-state index in [4.69, 9.17) is 89.0 Å². The largest absolute Gasteiger partial charge is 0.496 e. The molecule has 2 aromatic heterocycles. The summed E-state index contributed by atoms with van der Waals surface area (Å²) in [5, 5.41) is 39.5. The summed E-state index contributed by atoms with van der Waals surface area (Å²) >= 11 is 23.6. The Hall–Kier alpha value is -11.8. The number of aliphatic hydroxyl groups excluding tert-OH is 3. The van der Waals surface area contributed by atoms with E-state index in [2.05, 4.69) is 0 Å². The van der Waals surface area contributed by atoms with Gasteiger partial charge < -0.3 is 77.1 Å². The third-order valence-corrected chi connectivity index (χ3v) is 22.4. The average Bonchev–Trinajstić information content (AvgIpc) is 0.766. The van der Waals surface area contributed by atoms with E-state index in [1.54, 1.807) is 116 Å². The summed E-state index contributed by atoms with van der Waals surface area (Å²) in [5.74, 6) is -4.99. The molecule has 0 fully saturated rings. The molecule has 0 aliphatic heterocycles. The molecule has 130 heavy (non-hydrogen) atoms. The van der Waals surface area contributed by atoms with E-state index in [1.165, 1.54) is 122 Å². The second kappa shape index (κ2) is 49.3. The number of rotatable bonds is 36. The Morgan fingerprint density at radius 2 is 0.738 bits per heavy atom. The lowest BCUT2D eigenvalue weighted by Gasteiger charge is -2.25. The van der Waals surface area contributed by atoms with Gasteiger partial charge in [-0.25, -0.2) is 36.7 Å². The minimum atomic E-state index is -1.36. The molecule has 2 heterocycles. The monoisotopic (exact) mass is 1880 g/mol. The number of methoxy groups -OCH3 is 6. The Morgan fingerprint density at radius 3 is 1.05 bits per heavy atom. The van der Waals surface area contributed by atoms with Gasteiger partial charge in [-0.15, -0.1) is 0 Å². The molecule has 10 rings (SSSR count). The SMILES string of the molecule is CCOC(=O)/C(=C\C[C@H](CO)C(C)C)C(=O)c1cc(Cc2cccc(Cl)c2F)c(OC)cc1OC.CCOC(=O)/C(=C\N(C)C)C(=O)c1cc(Cc2cccc(Cl)c2F)c(OC)cc1OC.CCOC(=O)c1cn([C@H](CO)C(C)C)c2cc(OC)c(Cc3cccc(Cl)c3F)cc2c1=O.COc1cc2c(cc1Cc1cccc(Cl)c1F)c(=O)c(C(=O)O)cn2[C@H](CO)C(C)C. The molecule has 0 spiro atoms. The molecule has 0 radical (unpaired) electrons. The van der Waals surface area contributed by atoms with E-state index >= 15 is 0 Å². The van der Waals surface area contributed by atoms with Crippen molar-refractivity contribution in [3.63, 3.8) is 0 Å². The van der Waals surface area contributed by atoms with Crippen molar-refractivity contribution in [3.05, 3.63) is 288 Å². The smallest absolute Gasteiger partial charge is 0.343 e. The molecule has 0 aliphatic carbocycles. The Morgan fingerprint density at radius 1 is 0.415 bits per heavy atom. The maximum atomic E-state index is 14.6. The van der Waals surface area contributed by atoms with Crippen LogP contribution < -0.4 is 39.3 Å². The first-order valence-electron chi connectivity index (χ1n) is 41.3. The number of aliphatic hydroxyl groups is 3. The minimum Gasteiger partial charge on any atom is -0.496 e. The number of hydrogen-bond acceptors (Lipinski definition) is 21. The standard InChI is InChI=1S/C27H32ClFO6.C25H27ClFNO5.C23H23ClFNO5.C23H25ClFNO5/c1-6-35-27(32)20(11-10-18(15-30)16(2)3)26(31)21-13-19(23(33-4)14-24(21)34-5)12-17-8-7-9-22(28)25(17)29;1-5-33-25(31)18-12-28(21(13-29)14(2)3)20-11-22(32-4)16(10-17(20)24(18)30)9-15-7-6-8-19(26)23(15)27;1-12(2)19(11-27)26-10-16(23(29)30)22(28)15-8-14(20(31-3)9-18(15)26)7-13-5-4-6-17(24)21(13)25;1-6-31-23(28)17(13-26(2)3)22(27)16-11-15(19(29-4)12-20(16)30-5)10-14-8-7-9-18(24)21(14)25/h7-9,11,13-14,16,18,30H,6,10,12,15H2,1-5H3;6-8,10-12,14,21,29H,5,9,13H2,1-4H3;4-6,8-10,12,19,27H,7,11H2,1-3H3,(H,29,30);7-9,11-13H,6,10H2,1-5H3/b20-11-;;;17-13-/t18-;21-;19-;/m111./s1. The van der Waals surface area contributed by atoms with Crippen molar-refractivity contribution in [1.29, 1.82) is 0 Å². The minimum absolute atomic E-state index is 0.000193. The van der Waals surface area contributed by atoms with E-state index in [0.29, 0.717) is 85.0 Å². The van der Waals surface area contributed by atoms with Crippen LogP contribution in [0.25, 0.3) is 21.8 Å². The van der Waals surface area contributed by atoms with Crippen LogP contribution in [0, 0.1) is 46.9 Å². The number of esters is 3. The number of hydrogen-bond donors (Lipinski definition) is 4. The van der Waals surface area contributed by atoms with Crippen molar-refractivity contribution in [1.82, 2.24) is 14.0 Å². The number of ketones is 2. The first kappa shape index (κ1) is 105. The Kier molecular flexibility index (Phi) is 39.9. The molecular weight excluding hydrogens is 1770 g/mol. The number of carboxylic acids is 1. The number of benzene rings is 8. The number of carbonyl (C=O) groups excluding carboxylic acids is 5. The number of nitrogens with zero attached hydrogens (tertiary/aromatic N) is 3. The second-order valence-electron chi connectivity index (χ2n) is 30.9. The lowest BCUT2D eigenvalue weighted by molar-refractivity contribution is -0.139. The topological polar surface area (TPSA) is 314 Å². The highest BCUT2D eigenvalue weighted by atomic mass is 35.5. The van der Waals surface area contributed by atoms with Gasteiger partial charge >= 0.3 is 23.9 Å². The van der Waals surface area contributed by atoms with Crippen LogP contribution in [0.5, 0.6) is 34.5 Å². The van der Waals surface area contributed by atoms with Gasteiger partial charge in [-0.2, -0.15) is 0 Å². The van der Waals surface area contributed by atoms with Crippen LogP contribution in [0.3, 0.4) is 0 Å². The van der Waals surface area contributed by atoms with Gasteiger partial charge in [0.15, 0.2) is 0 Å². The zero-order valence-electron chi connectivity index (χ0n) is 75.2. The Balaban J connectivity index is 0.000000237. The van der Waals surface area contributed by atoms with Crippen LogP contribution in [-0.4, -0.2) is 166 Å². The Bertz CT molecular complexity index is 5950. The van der Waals surface area contributed by atoms with Gasteiger partial charge in [0, 0.05) is 100 Å². The van der Waals surface area contributed by atoms with Gasteiger partial charge in [0.2, 0.25) is 22.4 Å². The van der Waals surface area contributed by atoms with Gasteiger partial charge in [-0.3, -0.25) is 19.2 Å². The first-order chi connectivity index (χ1) is 61.8. The van der Waals surface area contributed by atoms with Gasteiger partial charge in [0.05, 0.1) is 130 Å². The number of carboxylic acid groups (broad SMARTS) is 1. The van der Waals surface area contributed by atoms with E-state index in [1.807, 2.05) is 41.5 Å². The fourth-order valence-electron chi connectivity index (χ4n) is 14.2. The van der Waals surface area contributed by atoms with E-state index < -0.39 is 87.2 Å². The maximum absolute atomic E-state index is 14.6. The highest BCUT2D eigenvalue weighted by Gasteiger charge is 2.32. The lowest BCUT2D eigenvalue weighted by atomic mass is 9.90. The molecule has 0 unspecified atom stereocenters. The normalized spacial score (nSPS) is 12.1. The van der Waals surface area contributed by atoms with E-state index in [-0.39, 0.29) is 159 Å². The van der Waals surface area contributed by atoms with Gasteiger partial charge in [0.1, 0.15) is 80.0 Å². The van der Waals surface area contributed by atoms with Crippen molar-refractivity contribution in [2.45, 2.75) is 107 Å². The molecule has 32 heteroatoms. The zero-order valence-corrected chi connectivity index (χ0v) is 78.2. The van der Waals surface area contributed by atoms with Crippen molar-refractivity contribution >= 4 is 104 Å². The fourth-order valence-corrected chi connectivity index (χ4v) is 15.0. The zero-order chi connectivity index (χ0) is 96.4. The van der Waals surface area contributed by atoms with Crippen LogP contribution in [-0.2, 0) is 49.5 Å². The molecule has 4 N–H and O–H groups in total. The molecular formula is C98H107Cl4F4N3O21. The number of Topliss-reactive ketones (excluding diaryl/α,β-unsaturated/α-hetero) is 2. The molecule has 0 amide bonds. The van der Waals surface area contributed by atoms with Crippen LogP contribution in [0.2, 0.25) is 20.1 Å². The summed E-state index contributed by atoms with van der Waals surface area (Å²) in [6, 6.07) is 30.4. The van der Waals surface area contributed by atoms with Crippen LogP contribution in [0.4, 0.5) is 17.6 Å². The van der Waals surface area contributed by atoms with Crippen molar-refractivity contribution in [3.8, 4) is 34.5 Å². The molecule has 3 atom stereocenters. The first-order valence-corrected chi connectivity index (χ1v) is 42.8. The molecule has 10 aromatic rings. The number of ether oxygens (including phenoxy) is 9. The molecule has 0 saturated carbocycles. The summed E-state index contributed by atoms with van der Waals surface area (Å²) in [5.41, 5.74) is 2.56. The fraction of sp³-hybridized carbons (Fsp3) is 0.347. The van der Waals surface area contributed by atoms with Crippen LogP contribution >= 0.6 is 46.4 Å². The summed E-state index contributed by atoms with van der Waals surface area (Å²) in [6.45, 7) is 16.3. The number of aromatic carboxylic acids is 1. The molecule has 24 nitrogen and oxygen atoms in total. The molecule has 0 bridgehead atoms. The van der Waals surface area contributed by atoms with Crippen LogP contribution in [0.1, 0.15) is 167 Å². The average molecular weight is 1880 g/mol. The van der Waals surface area contributed by atoms with Gasteiger partial charge in [0.25, 0.3) is 0 Å². The third-order valence-electron chi connectivity index (χ3n) is 21.2. The van der Waals surface area contributed by atoms with Crippen molar-refractivity contribution in [2.75, 3.05) is 96.4 Å². The summed E-state index contributed by atoms with van der Waals surface area (Å²) < 4.78 is 109. The van der Waals surface area contributed by atoms with Gasteiger partial charge in [-0.05, 0) is 144 Å². The lowest BCUT2D eigenvalue weighted by Crippen LogP contribution is -2.26. The second-order valence-corrected chi connectivity index (χ2v) is 32.5. The maximum Gasteiger partial charge on any atom is 0.343 e. The molecule has 0 aliphatic rings. The predicted molar refractivity (Wildman–Crippen MR) is 492 cm³/mol. The van der Waals surface area contributed by atoms with Crippen molar-refractivity contribution in [2.24, 2.45) is 23.7 Å². The number of carbonyl (C=O) groups is 6. The summed E-state index contributed by atoms with van der Waals surface area (Å²) in [7, 11) is 12.0. The molecule has 8 aromatic carbocycles. The number of aromatic nitrogens is 2. The predicted octanol–water partition coefficient (Wildman–Crippen LogP) is 18.7. The number of halogens is 8. The summed E-state index contributed by atoms with van der Waals surface area (Å²) in [4.78, 5) is 104. The highest BCUT2D eigenvalue weighted by Crippen LogP contribution is 2.39. The Labute approximate surface area is 771 Å². The number of allylic oxidation sites excluding steroid dienone is 1. The van der Waals surface area contributed by atoms with Crippen LogP contribution in [0.15, 0.2) is 167 Å². The number of fused-ring (bicyclic) bond motifs is 2. The van der Waals surface area contributed by atoms with Crippen molar-refractivity contribution < 1.29 is 109 Å². The highest BCUT2D eigenvalue weighted by molar-refractivity contribution is 6.32. The molecule has 696 valence electrons. The quantitative estimate of drug-likeness (QED) is 0.00539. The third kappa shape index (κ3) is 25.9. The number of pyridine rings is 2. The molecule has 0 saturated heterocycles.